The summed E-state index contributed by atoms with van der Waals surface area (Å²) in [5.74, 6) is 0.575. The molecule has 3 rings (SSSR count). The van der Waals surface area contributed by atoms with Gasteiger partial charge in [-0.1, -0.05) is 24.3 Å². The van der Waals surface area contributed by atoms with Gasteiger partial charge in [-0.25, -0.2) is 0 Å². The SMILES string of the molecule is OCN1CCC(c2cncc3ccccc23)CC1. The number of piperidine rings is 1. The summed E-state index contributed by atoms with van der Waals surface area (Å²) in [6.45, 7) is 2.13. The summed E-state index contributed by atoms with van der Waals surface area (Å²) < 4.78 is 0. The summed E-state index contributed by atoms with van der Waals surface area (Å²) in [6, 6.07) is 8.45. The minimum absolute atomic E-state index is 0.181. The van der Waals surface area contributed by atoms with E-state index in [1.807, 2.05) is 12.4 Å². The van der Waals surface area contributed by atoms with Crippen LogP contribution in [0.25, 0.3) is 10.8 Å². The Kier molecular flexibility index (Phi) is 3.26. The zero-order valence-corrected chi connectivity index (χ0v) is 10.4. The van der Waals surface area contributed by atoms with Crippen LogP contribution in [0.1, 0.15) is 24.3 Å². The average molecular weight is 242 g/mol. The first-order valence-corrected chi connectivity index (χ1v) is 6.54. The second kappa shape index (κ2) is 5.04. The highest BCUT2D eigenvalue weighted by Crippen LogP contribution is 2.32. The normalized spacial score (nSPS) is 18.3. The van der Waals surface area contributed by atoms with Gasteiger partial charge in [-0.3, -0.25) is 9.88 Å². The zero-order valence-electron chi connectivity index (χ0n) is 10.4. The summed E-state index contributed by atoms with van der Waals surface area (Å²) in [5, 5.41) is 11.7. The number of rotatable bonds is 2. The number of hydrogen-bond acceptors (Lipinski definition) is 3. The number of aliphatic hydroxyl groups is 1. The van der Waals surface area contributed by atoms with Gasteiger partial charge in [-0.15, -0.1) is 0 Å². The van der Waals surface area contributed by atoms with E-state index in [9.17, 15) is 0 Å². The molecule has 1 fully saturated rings. The quantitative estimate of drug-likeness (QED) is 0.878. The van der Waals surface area contributed by atoms with Crippen molar-refractivity contribution in [2.75, 3.05) is 19.8 Å². The van der Waals surface area contributed by atoms with Crippen molar-refractivity contribution in [3.8, 4) is 0 Å². The minimum Gasteiger partial charge on any atom is -0.381 e. The van der Waals surface area contributed by atoms with Crippen LogP contribution in [-0.4, -0.2) is 34.8 Å². The number of hydrogen-bond donors (Lipinski definition) is 1. The topological polar surface area (TPSA) is 36.4 Å². The summed E-state index contributed by atoms with van der Waals surface area (Å²) in [4.78, 5) is 6.46. The summed E-state index contributed by atoms with van der Waals surface area (Å²) >= 11 is 0. The van der Waals surface area contributed by atoms with Crippen LogP contribution in [0.3, 0.4) is 0 Å². The first-order chi connectivity index (χ1) is 8.88. The molecule has 1 N–H and O–H groups in total. The van der Waals surface area contributed by atoms with Crippen molar-refractivity contribution in [3.63, 3.8) is 0 Å². The number of pyridine rings is 1. The van der Waals surface area contributed by atoms with Gasteiger partial charge in [0, 0.05) is 30.9 Å². The molecule has 1 saturated heterocycles. The molecule has 2 aromatic rings. The fourth-order valence-corrected chi connectivity index (χ4v) is 2.85. The van der Waals surface area contributed by atoms with Crippen LogP contribution in [0.2, 0.25) is 0 Å². The van der Waals surface area contributed by atoms with Gasteiger partial charge in [0.25, 0.3) is 0 Å². The van der Waals surface area contributed by atoms with Crippen LogP contribution in [-0.2, 0) is 0 Å². The Morgan fingerprint density at radius 2 is 1.94 bits per heavy atom. The van der Waals surface area contributed by atoms with Crippen LogP contribution in [0, 0.1) is 0 Å². The van der Waals surface area contributed by atoms with Crippen LogP contribution < -0.4 is 0 Å². The Hall–Kier alpha value is -1.45. The van der Waals surface area contributed by atoms with Gasteiger partial charge in [0.2, 0.25) is 0 Å². The lowest BCUT2D eigenvalue weighted by molar-refractivity contribution is 0.0838. The molecule has 1 aromatic carbocycles. The molecule has 2 heterocycles. The predicted molar refractivity (Wildman–Crippen MR) is 72.4 cm³/mol. The minimum atomic E-state index is 0.181. The van der Waals surface area contributed by atoms with E-state index >= 15 is 0 Å². The highest BCUT2D eigenvalue weighted by atomic mass is 16.3. The van der Waals surface area contributed by atoms with E-state index in [1.165, 1.54) is 16.3 Å². The van der Waals surface area contributed by atoms with Gasteiger partial charge < -0.3 is 5.11 Å². The van der Waals surface area contributed by atoms with Crippen molar-refractivity contribution in [2.45, 2.75) is 18.8 Å². The standard InChI is InChI=1S/C15H18N2O/c18-11-17-7-5-12(6-8-17)15-10-16-9-13-3-1-2-4-14(13)15/h1-4,9-10,12,18H,5-8,11H2. The van der Waals surface area contributed by atoms with Crippen LogP contribution in [0.5, 0.6) is 0 Å². The first kappa shape index (κ1) is 11.6. The molecule has 0 atom stereocenters. The third kappa shape index (κ3) is 2.11. The van der Waals surface area contributed by atoms with E-state index in [0.717, 1.165) is 25.9 Å². The molecule has 0 radical (unpaired) electrons. The van der Waals surface area contributed by atoms with Gasteiger partial charge in [0.1, 0.15) is 0 Å². The molecule has 0 aliphatic carbocycles. The van der Waals surface area contributed by atoms with Crippen LogP contribution in [0.4, 0.5) is 0 Å². The summed E-state index contributed by atoms with van der Waals surface area (Å²) in [5.41, 5.74) is 1.37. The van der Waals surface area contributed by atoms with Crippen molar-refractivity contribution in [2.24, 2.45) is 0 Å². The van der Waals surface area contributed by atoms with E-state index in [2.05, 4.69) is 34.1 Å². The molecule has 94 valence electrons. The molecule has 1 aliphatic rings. The van der Waals surface area contributed by atoms with E-state index in [0.29, 0.717) is 5.92 Å². The molecule has 0 bridgehead atoms. The number of nitrogens with zero attached hydrogens (tertiary/aromatic N) is 2. The number of benzene rings is 1. The van der Waals surface area contributed by atoms with Crippen LogP contribution >= 0.6 is 0 Å². The highest BCUT2D eigenvalue weighted by molar-refractivity contribution is 5.85. The molecule has 18 heavy (non-hydrogen) atoms. The Balaban J connectivity index is 1.91. The molecular formula is C15H18N2O. The lowest BCUT2D eigenvalue weighted by atomic mass is 9.88. The lowest BCUT2D eigenvalue weighted by Crippen LogP contribution is -2.33. The molecule has 3 heteroatoms. The van der Waals surface area contributed by atoms with Crippen molar-refractivity contribution >= 4 is 10.8 Å². The van der Waals surface area contributed by atoms with E-state index in [4.69, 9.17) is 5.11 Å². The number of likely N-dealkylation sites (tertiary alicyclic amines) is 1. The second-order valence-corrected chi connectivity index (χ2v) is 4.98. The predicted octanol–water partition coefficient (Wildman–Crippen LogP) is 2.36. The Labute approximate surface area is 107 Å². The fourth-order valence-electron chi connectivity index (χ4n) is 2.85. The fraction of sp³-hybridized carbons (Fsp3) is 0.400. The van der Waals surface area contributed by atoms with Crippen molar-refractivity contribution in [3.05, 3.63) is 42.2 Å². The maximum absolute atomic E-state index is 9.13. The molecule has 0 saturated carbocycles. The lowest BCUT2D eigenvalue weighted by Gasteiger charge is -2.30. The molecule has 1 aliphatic heterocycles. The zero-order chi connectivity index (χ0) is 12.4. The van der Waals surface area contributed by atoms with Crippen molar-refractivity contribution in [1.29, 1.82) is 0 Å². The maximum Gasteiger partial charge on any atom is 0.0956 e. The Morgan fingerprint density at radius 3 is 2.72 bits per heavy atom. The third-order valence-corrected chi connectivity index (χ3v) is 3.93. The van der Waals surface area contributed by atoms with Crippen molar-refractivity contribution in [1.82, 2.24) is 9.88 Å². The summed E-state index contributed by atoms with van der Waals surface area (Å²) in [6.07, 6.45) is 6.16. The Morgan fingerprint density at radius 1 is 1.17 bits per heavy atom. The maximum atomic E-state index is 9.13. The monoisotopic (exact) mass is 242 g/mol. The largest absolute Gasteiger partial charge is 0.381 e. The molecule has 0 spiro atoms. The van der Waals surface area contributed by atoms with Gasteiger partial charge in [-0.2, -0.15) is 0 Å². The second-order valence-electron chi connectivity index (χ2n) is 4.98. The smallest absolute Gasteiger partial charge is 0.0956 e. The van der Waals surface area contributed by atoms with Gasteiger partial charge >= 0.3 is 0 Å². The van der Waals surface area contributed by atoms with E-state index in [1.54, 1.807) is 0 Å². The van der Waals surface area contributed by atoms with Gasteiger partial charge in [0.15, 0.2) is 0 Å². The van der Waals surface area contributed by atoms with Crippen molar-refractivity contribution < 1.29 is 5.11 Å². The highest BCUT2D eigenvalue weighted by Gasteiger charge is 2.21. The number of aromatic nitrogens is 1. The average Bonchev–Trinajstić information content (AvgIpc) is 2.47. The van der Waals surface area contributed by atoms with Gasteiger partial charge in [0.05, 0.1) is 6.73 Å². The number of fused-ring (bicyclic) bond motifs is 1. The molecular weight excluding hydrogens is 224 g/mol. The third-order valence-electron chi connectivity index (χ3n) is 3.93. The molecule has 1 aromatic heterocycles. The van der Waals surface area contributed by atoms with E-state index < -0.39 is 0 Å². The first-order valence-electron chi connectivity index (χ1n) is 6.54. The summed E-state index contributed by atoms with van der Waals surface area (Å²) in [7, 11) is 0. The molecule has 0 unspecified atom stereocenters. The van der Waals surface area contributed by atoms with Crippen LogP contribution in [0.15, 0.2) is 36.7 Å². The van der Waals surface area contributed by atoms with Gasteiger partial charge in [-0.05, 0) is 29.7 Å². The molecule has 3 nitrogen and oxygen atoms in total. The number of aliphatic hydroxyl groups excluding tert-OH is 1. The Bertz CT molecular complexity index is 528. The van der Waals surface area contributed by atoms with E-state index in [-0.39, 0.29) is 6.73 Å². The molecule has 0 amide bonds.